The van der Waals surface area contributed by atoms with Crippen molar-refractivity contribution in [1.82, 2.24) is 4.57 Å². The molecule has 0 amide bonds. The van der Waals surface area contributed by atoms with Gasteiger partial charge in [0.1, 0.15) is 0 Å². The SMILES string of the molecule is O=Cc1c(C2CCCCC2)c(-c2ccccc2)c2n1CCC2. The number of rotatable bonds is 3. The van der Waals surface area contributed by atoms with E-state index in [9.17, 15) is 4.79 Å². The van der Waals surface area contributed by atoms with Crippen LogP contribution in [-0.2, 0) is 13.0 Å². The van der Waals surface area contributed by atoms with Gasteiger partial charge in [-0.25, -0.2) is 0 Å². The molecule has 0 N–H and O–H groups in total. The molecule has 0 saturated heterocycles. The van der Waals surface area contributed by atoms with Crippen molar-refractivity contribution in [2.75, 3.05) is 0 Å². The van der Waals surface area contributed by atoms with Crippen LogP contribution < -0.4 is 0 Å². The summed E-state index contributed by atoms with van der Waals surface area (Å²) in [6.45, 7) is 1.01. The van der Waals surface area contributed by atoms with Crippen molar-refractivity contribution < 1.29 is 4.79 Å². The van der Waals surface area contributed by atoms with E-state index in [1.165, 1.54) is 60.9 Å². The van der Waals surface area contributed by atoms with E-state index in [2.05, 4.69) is 34.9 Å². The summed E-state index contributed by atoms with van der Waals surface area (Å²) >= 11 is 0. The molecule has 4 rings (SSSR count). The van der Waals surface area contributed by atoms with Gasteiger partial charge >= 0.3 is 0 Å². The molecule has 0 radical (unpaired) electrons. The van der Waals surface area contributed by atoms with E-state index in [1.54, 1.807) is 0 Å². The van der Waals surface area contributed by atoms with Crippen molar-refractivity contribution >= 4 is 6.29 Å². The minimum absolute atomic E-state index is 0.572. The maximum Gasteiger partial charge on any atom is 0.166 e. The van der Waals surface area contributed by atoms with Crippen molar-refractivity contribution in [3.05, 3.63) is 47.3 Å². The van der Waals surface area contributed by atoms with Crippen molar-refractivity contribution in [3.63, 3.8) is 0 Å². The summed E-state index contributed by atoms with van der Waals surface area (Å²) in [6.07, 6.45) is 9.83. The van der Waals surface area contributed by atoms with E-state index < -0.39 is 0 Å². The average molecular weight is 293 g/mol. The number of nitrogens with zero attached hydrogens (tertiary/aromatic N) is 1. The van der Waals surface area contributed by atoms with Crippen LogP contribution in [0.1, 0.15) is 66.2 Å². The summed E-state index contributed by atoms with van der Waals surface area (Å²) in [7, 11) is 0. The Balaban J connectivity index is 1.93. The van der Waals surface area contributed by atoms with Crippen LogP contribution in [0.3, 0.4) is 0 Å². The third kappa shape index (κ3) is 2.13. The van der Waals surface area contributed by atoms with Crippen molar-refractivity contribution in [1.29, 1.82) is 0 Å². The molecule has 1 saturated carbocycles. The molecule has 0 bridgehead atoms. The highest BCUT2D eigenvalue weighted by atomic mass is 16.1. The molecule has 1 aromatic heterocycles. The minimum Gasteiger partial charge on any atom is -0.342 e. The van der Waals surface area contributed by atoms with Crippen LogP contribution in [0.25, 0.3) is 11.1 Å². The molecule has 2 aliphatic rings. The number of carbonyl (C=O) groups is 1. The van der Waals surface area contributed by atoms with E-state index in [0.717, 1.165) is 24.9 Å². The molecule has 2 aromatic rings. The lowest BCUT2D eigenvalue weighted by molar-refractivity contribution is 0.111. The van der Waals surface area contributed by atoms with Crippen molar-refractivity contribution in [2.45, 2.75) is 57.4 Å². The van der Waals surface area contributed by atoms with Gasteiger partial charge in [-0.2, -0.15) is 0 Å². The van der Waals surface area contributed by atoms with Crippen LogP contribution in [0.4, 0.5) is 0 Å². The summed E-state index contributed by atoms with van der Waals surface area (Å²) in [6, 6.07) is 10.7. The molecular weight excluding hydrogens is 270 g/mol. The molecule has 1 fully saturated rings. The van der Waals surface area contributed by atoms with Crippen LogP contribution in [0.5, 0.6) is 0 Å². The van der Waals surface area contributed by atoms with Gasteiger partial charge in [0, 0.05) is 17.8 Å². The predicted molar refractivity (Wildman–Crippen MR) is 89.4 cm³/mol. The first-order chi connectivity index (χ1) is 10.9. The Hall–Kier alpha value is -1.83. The fourth-order valence-electron chi connectivity index (χ4n) is 4.49. The van der Waals surface area contributed by atoms with Gasteiger partial charge < -0.3 is 4.57 Å². The van der Waals surface area contributed by atoms with Gasteiger partial charge in [0.15, 0.2) is 6.29 Å². The number of carbonyl (C=O) groups excluding carboxylic acids is 1. The quantitative estimate of drug-likeness (QED) is 0.733. The average Bonchev–Trinajstić information content (AvgIpc) is 3.16. The molecule has 0 unspecified atom stereocenters. The van der Waals surface area contributed by atoms with E-state index in [-0.39, 0.29) is 0 Å². The van der Waals surface area contributed by atoms with Gasteiger partial charge in [-0.3, -0.25) is 4.79 Å². The maximum absolute atomic E-state index is 11.9. The normalized spacial score (nSPS) is 18.4. The molecule has 0 atom stereocenters. The smallest absolute Gasteiger partial charge is 0.166 e. The minimum atomic E-state index is 0.572. The molecule has 1 aliphatic carbocycles. The lowest BCUT2D eigenvalue weighted by Crippen LogP contribution is -2.09. The highest BCUT2D eigenvalue weighted by Crippen LogP contribution is 2.44. The van der Waals surface area contributed by atoms with Crippen molar-refractivity contribution in [2.24, 2.45) is 0 Å². The standard InChI is InChI=1S/C20H23NO/c22-14-18-20(16-10-5-2-6-11-16)19(15-8-3-1-4-9-15)17-12-7-13-21(17)18/h1,3-4,8-9,14,16H,2,5-7,10-13H2. The molecule has 2 heteroatoms. The number of hydrogen-bond donors (Lipinski definition) is 0. The second kappa shape index (κ2) is 5.75. The first-order valence-electron chi connectivity index (χ1n) is 8.66. The maximum atomic E-state index is 11.9. The summed E-state index contributed by atoms with van der Waals surface area (Å²) in [5.41, 5.74) is 6.40. The van der Waals surface area contributed by atoms with E-state index in [4.69, 9.17) is 0 Å². The zero-order chi connectivity index (χ0) is 14.9. The van der Waals surface area contributed by atoms with Gasteiger partial charge in [0.2, 0.25) is 0 Å². The molecule has 2 heterocycles. The number of aromatic nitrogens is 1. The fraction of sp³-hybridized carbons (Fsp3) is 0.450. The van der Waals surface area contributed by atoms with Crippen LogP contribution in [0.15, 0.2) is 30.3 Å². The molecule has 1 aliphatic heterocycles. The summed E-state index contributed by atoms with van der Waals surface area (Å²) in [5.74, 6) is 0.572. The number of aldehydes is 1. The van der Waals surface area contributed by atoms with E-state index >= 15 is 0 Å². The number of hydrogen-bond acceptors (Lipinski definition) is 1. The number of fused-ring (bicyclic) bond motifs is 1. The van der Waals surface area contributed by atoms with Crippen LogP contribution in [-0.4, -0.2) is 10.9 Å². The third-order valence-electron chi connectivity index (χ3n) is 5.43. The molecule has 1 aromatic carbocycles. The molecular formula is C20H23NO. The fourth-order valence-corrected chi connectivity index (χ4v) is 4.49. The van der Waals surface area contributed by atoms with E-state index in [1.807, 2.05) is 0 Å². The van der Waals surface area contributed by atoms with E-state index in [0.29, 0.717) is 5.92 Å². The summed E-state index contributed by atoms with van der Waals surface area (Å²) < 4.78 is 2.30. The van der Waals surface area contributed by atoms with Gasteiger partial charge in [-0.05, 0) is 42.7 Å². The third-order valence-corrected chi connectivity index (χ3v) is 5.43. The highest BCUT2D eigenvalue weighted by molar-refractivity contribution is 5.85. The van der Waals surface area contributed by atoms with Gasteiger partial charge in [0.05, 0.1) is 5.69 Å². The Morgan fingerprint density at radius 3 is 2.50 bits per heavy atom. The predicted octanol–water partition coefficient (Wildman–Crippen LogP) is 4.96. The molecule has 2 nitrogen and oxygen atoms in total. The largest absolute Gasteiger partial charge is 0.342 e. The Bertz CT molecular complexity index is 677. The lowest BCUT2D eigenvalue weighted by atomic mass is 9.80. The Labute approximate surface area is 132 Å². The summed E-state index contributed by atoms with van der Waals surface area (Å²) in [5, 5.41) is 0. The first kappa shape index (κ1) is 13.8. The molecule has 22 heavy (non-hydrogen) atoms. The van der Waals surface area contributed by atoms with Crippen LogP contribution >= 0.6 is 0 Å². The second-order valence-electron chi connectivity index (χ2n) is 6.69. The Kier molecular flexibility index (Phi) is 3.61. The lowest BCUT2D eigenvalue weighted by Gasteiger charge is -2.23. The van der Waals surface area contributed by atoms with Gasteiger partial charge in [0.25, 0.3) is 0 Å². The zero-order valence-corrected chi connectivity index (χ0v) is 13.1. The molecule has 0 spiro atoms. The molecule has 114 valence electrons. The second-order valence-corrected chi connectivity index (χ2v) is 6.69. The number of benzene rings is 1. The van der Waals surface area contributed by atoms with Crippen molar-refractivity contribution in [3.8, 4) is 11.1 Å². The van der Waals surface area contributed by atoms with Gasteiger partial charge in [-0.15, -0.1) is 0 Å². The highest BCUT2D eigenvalue weighted by Gasteiger charge is 2.31. The Morgan fingerprint density at radius 1 is 1.00 bits per heavy atom. The first-order valence-corrected chi connectivity index (χ1v) is 8.66. The van der Waals surface area contributed by atoms with Crippen LogP contribution in [0.2, 0.25) is 0 Å². The summed E-state index contributed by atoms with van der Waals surface area (Å²) in [4.78, 5) is 11.9. The topological polar surface area (TPSA) is 22.0 Å². The zero-order valence-electron chi connectivity index (χ0n) is 13.1. The van der Waals surface area contributed by atoms with Crippen LogP contribution in [0, 0.1) is 0 Å². The Morgan fingerprint density at radius 2 is 1.77 bits per heavy atom. The monoisotopic (exact) mass is 293 g/mol. The van der Waals surface area contributed by atoms with Gasteiger partial charge in [-0.1, -0.05) is 49.6 Å².